The first kappa shape index (κ1) is 18.6. The quantitative estimate of drug-likeness (QED) is 0.832. The maximum Gasteiger partial charge on any atom is 0.255 e. The van der Waals surface area contributed by atoms with E-state index in [9.17, 15) is 14.7 Å². The summed E-state index contributed by atoms with van der Waals surface area (Å²) in [5, 5.41) is 9.99. The van der Waals surface area contributed by atoms with Crippen LogP contribution in [0.1, 0.15) is 21.8 Å². The molecule has 1 N–H and O–H groups in total. The lowest BCUT2D eigenvalue weighted by Gasteiger charge is -2.70. The monoisotopic (exact) mass is 381 g/mol. The molecule has 2 aromatic rings. The van der Waals surface area contributed by atoms with Gasteiger partial charge in [0, 0.05) is 38.5 Å². The zero-order valence-electron chi connectivity index (χ0n) is 15.7. The number of rotatable bonds is 5. The number of aliphatic hydroxyl groups is 1. The molecule has 4 rings (SSSR count). The largest absolute Gasteiger partial charge is 0.394 e. The highest BCUT2D eigenvalue weighted by Gasteiger charge is 2.68. The molecule has 0 radical (unpaired) electrons. The molecule has 7 nitrogen and oxygen atoms in total. The molecule has 1 spiro atoms. The molecule has 0 saturated carbocycles. The zero-order chi connectivity index (χ0) is 19.7. The van der Waals surface area contributed by atoms with Gasteiger partial charge in [0.05, 0.1) is 23.8 Å². The summed E-state index contributed by atoms with van der Waals surface area (Å²) in [6.07, 6.45) is 3.18. The normalized spacial score (nSPS) is 22.5. The molecular weight excluding hydrogens is 358 g/mol. The van der Waals surface area contributed by atoms with Crippen LogP contribution < -0.4 is 0 Å². The summed E-state index contributed by atoms with van der Waals surface area (Å²) >= 11 is 0. The molecule has 1 aromatic carbocycles. The number of aliphatic hydroxyl groups excluding tert-OH is 1. The second-order valence-electron chi connectivity index (χ2n) is 7.34. The summed E-state index contributed by atoms with van der Waals surface area (Å²) < 4.78 is 5.04. The molecule has 2 amide bonds. The van der Waals surface area contributed by atoms with E-state index in [4.69, 9.17) is 4.74 Å². The number of carbonyl (C=O) groups is 2. The number of hydrogen-bond donors (Lipinski definition) is 1. The standard InChI is InChI=1S/C21H23N3O4/c1-28-12-18(26)24-17(11-25)19(15-6-3-2-4-7-15)21(24)13-23(14-21)20(27)16-8-5-9-22-10-16/h2-10,17,19,25H,11-14H2,1H3/t17-,19+/m1/s1. The van der Waals surface area contributed by atoms with E-state index in [1.165, 1.54) is 7.11 Å². The summed E-state index contributed by atoms with van der Waals surface area (Å²) in [5.41, 5.74) is 1.08. The van der Waals surface area contributed by atoms with Crippen molar-refractivity contribution in [3.8, 4) is 0 Å². The number of hydrogen-bond acceptors (Lipinski definition) is 5. The van der Waals surface area contributed by atoms with E-state index in [0.717, 1.165) is 5.56 Å². The summed E-state index contributed by atoms with van der Waals surface area (Å²) in [6.45, 7) is 0.669. The van der Waals surface area contributed by atoms with Gasteiger partial charge < -0.3 is 19.6 Å². The second kappa shape index (κ2) is 7.33. The van der Waals surface area contributed by atoms with Crippen molar-refractivity contribution in [3.63, 3.8) is 0 Å². The maximum absolute atomic E-state index is 12.8. The van der Waals surface area contributed by atoms with Crippen LogP contribution in [0.4, 0.5) is 0 Å². The van der Waals surface area contributed by atoms with Crippen LogP contribution in [0.25, 0.3) is 0 Å². The lowest BCUT2D eigenvalue weighted by atomic mass is 9.60. The van der Waals surface area contributed by atoms with Crippen LogP contribution in [0.3, 0.4) is 0 Å². The van der Waals surface area contributed by atoms with Gasteiger partial charge in [-0.2, -0.15) is 0 Å². The highest BCUT2D eigenvalue weighted by molar-refractivity contribution is 5.95. The molecule has 7 heteroatoms. The Balaban J connectivity index is 1.62. The molecule has 0 bridgehead atoms. The van der Waals surface area contributed by atoms with Crippen molar-refractivity contribution in [3.05, 3.63) is 66.0 Å². The first-order valence-corrected chi connectivity index (χ1v) is 9.28. The number of pyridine rings is 1. The van der Waals surface area contributed by atoms with Gasteiger partial charge in [-0.25, -0.2) is 0 Å². The summed E-state index contributed by atoms with van der Waals surface area (Å²) in [4.78, 5) is 32.9. The van der Waals surface area contributed by atoms with Crippen molar-refractivity contribution in [2.24, 2.45) is 0 Å². The number of ether oxygens (including phenoxy) is 1. The number of likely N-dealkylation sites (tertiary alicyclic amines) is 2. The molecular formula is C21H23N3O4. The van der Waals surface area contributed by atoms with Crippen molar-refractivity contribution >= 4 is 11.8 Å². The fourth-order valence-electron chi connectivity index (χ4n) is 4.69. The molecule has 2 fully saturated rings. The Morgan fingerprint density at radius 3 is 2.57 bits per heavy atom. The Hall–Kier alpha value is -2.77. The molecule has 2 aliphatic heterocycles. The minimum absolute atomic E-state index is 0.0301. The first-order valence-electron chi connectivity index (χ1n) is 9.28. The van der Waals surface area contributed by atoms with Crippen molar-refractivity contribution in [1.29, 1.82) is 0 Å². The van der Waals surface area contributed by atoms with Gasteiger partial charge in [-0.3, -0.25) is 14.6 Å². The minimum atomic E-state index is -0.512. The minimum Gasteiger partial charge on any atom is -0.394 e. The third-order valence-electron chi connectivity index (χ3n) is 5.78. The van der Waals surface area contributed by atoms with Crippen molar-refractivity contribution < 1.29 is 19.4 Å². The number of carbonyl (C=O) groups excluding carboxylic acids is 2. The fraction of sp³-hybridized carbons (Fsp3) is 0.381. The first-order chi connectivity index (χ1) is 13.6. The van der Waals surface area contributed by atoms with Gasteiger partial charge >= 0.3 is 0 Å². The second-order valence-corrected chi connectivity index (χ2v) is 7.34. The van der Waals surface area contributed by atoms with E-state index in [2.05, 4.69) is 4.98 Å². The van der Waals surface area contributed by atoms with E-state index in [0.29, 0.717) is 18.7 Å². The molecule has 1 aromatic heterocycles. The van der Waals surface area contributed by atoms with Gasteiger partial charge in [0.15, 0.2) is 0 Å². The Labute approximate surface area is 163 Å². The van der Waals surface area contributed by atoms with Crippen LogP contribution >= 0.6 is 0 Å². The van der Waals surface area contributed by atoms with Crippen LogP contribution in [0.5, 0.6) is 0 Å². The fourth-order valence-corrected chi connectivity index (χ4v) is 4.69. The highest BCUT2D eigenvalue weighted by Crippen LogP contribution is 2.54. The Kier molecular flexibility index (Phi) is 4.87. The van der Waals surface area contributed by atoms with E-state index in [1.54, 1.807) is 34.3 Å². The third kappa shape index (κ3) is 2.78. The molecule has 28 heavy (non-hydrogen) atoms. The molecule has 2 aliphatic rings. The predicted molar refractivity (Wildman–Crippen MR) is 102 cm³/mol. The lowest BCUT2D eigenvalue weighted by Crippen LogP contribution is -2.86. The number of nitrogens with zero attached hydrogens (tertiary/aromatic N) is 3. The number of benzene rings is 1. The smallest absolute Gasteiger partial charge is 0.255 e. The topological polar surface area (TPSA) is 83.0 Å². The van der Waals surface area contributed by atoms with E-state index in [-0.39, 0.29) is 37.0 Å². The van der Waals surface area contributed by atoms with Gasteiger partial charge in [0.1, 0.15) is 6.61 Å². The maximum atomic E-state index is 12.8. The molecule has 2 atom stereocenters. The van der Waals surface area contributed by atoms with Crippen LogP contribution in [0.15, 0.2) is 54.9 Å². The average Bonchev–Trinajstić information content (AvgIpc) is 2.68. The van der Waals surface area contributed by atoms with E-state index in [1.807, 2.05) is 30.3 Å². The molecule has 0 unspecified atom stereocenters. The highest BCUT2D eigenvalue weighted by atomic mass is 16.5. The van der Waals surface area contributed by atoms with Crippen LogP contribution in [-0.4, -0.2) is 76.7 Å². The van der Waals surface area contributed by atoms with Crippen molar-refractivity contribution in [1.82, 2.24) is 14.8 Å². The number of amides is 2. The Bertz CT molecular complexity index is 852. The van der Waals surface area contributed by atoms with E-state index >= 15 is 0 Å². The molecule has 146 valence electrons. The van der Waals surface area contributed by atoms with Gasteiger partial charge in [-0.15, -0.1) is 0 Å². The Morgan fingerprint density at radius 1 is 1.21 bits per heavy atom. The van der Waals surface area contributed by atoms with E-state index < -0.39 is 5.54 Å². The van der Waals surface area contributed by atoms with Gasteiger partial charge in [0.2, 0.25) is 5.91 Å². The number of methoxy groups -OCH3 is 1. The van der Waals surface area contributed by atoms with Crippen LogP contribution in [0, 0.1) is 0 Å². The number of aromatic nitrogens is 1. The predicted octanol–water partition coefficient (Wildman–Crippen LogP) is 0.909. The zero-order valence-corrected chi connectivity index (χ0v) is 15.7. The van der Waals surface area contributed by atoms with Crippen molar-refractivity contribution in [2.75, 3.05) is 33.4 Å². The molecule has 2 saturated heterocycles. The van der Waals surface area contributed by atoms with Crippen molar-refractivity contribution in [2.45, 2.75) is 17.5 Å². The summed E-state index contributed by atoms with van der Waals surface area (Å²) in [5.74, 6) is -0.295. The third-order valence-corrected chi connectivity index (χ3v) is 5.78. The van der Waals surface area contributed by atoms with Gasteiger partial charge in [-0.05, 0) is 17.7 Å². The Morgan fingerprint density at radius 2 is 1.96 bits per heavy atom. The summed E-state index contributed by atoms with van der Waals surface area (Å²) in [7, 11) is 1.48. The molecule has 0 aliphatic carbocycles. The lowest BCUT2D eigenvalue weighted by molar-refractivity contribution is -0.196. The SMILES string of the molecule is COCC(=O)N1[C@H](CO)[C@H](c2ccccc2)C12CN(C(=O)c1cccnc1)C2. The van der Waals surface area contributed by atoms with Gasteiger partial charge in [-0.1, -0.05) is 30.3 Å². The summed E-state index contributed by atoms with van der Waals surface area (Å²) in [6, 6.07) is 13.0. The molecule has 3 heterocycles. The van der Waals surface area contributed by atoms with Crippen LogP contribution in [0.2, 0.25) is 0 Å². The van der Waals surface area contributed by atoms with Crippen LogP contribution in [-0.2, 0) is 9.53 Å². The van der Waals surface area contributed by atoms with Gasteiger partial charge in [0.25, 0.3) is 5.91 Å². The average molecular weight is 381 g/mol.